The summed E-state index contributed by atoms with van der Waals surface area (Å²) in [5.41, 5.74) is 1.36. The van der Waals surface area contributed by atoms with Crippen molar-refractivity contribution >= 4 is 18.8 Å². The molecule has 0 spiro atoms. The third-order valence-electron chi connectivity index (χ3n) is 3.95. The lowest BCUT2D eigenvalue weighted by Crippen LogP contribution is -2.49. The first kappa shape index (κ1) is 13.1. The van der Waals surface area contributed by atoms with Crippen molar-refractivity contribution in [2.75, 3.05) is 0 Å². The van der Waals surface area contributed by atoms with Gasteiger partial charge in [0.2, 0.25) is 0 Å². The van der Waals surface area contributed by atoms with E-state index in [1.54, 1.807) is 12.1 Å². The van der Waals surface area contributed by atoms with Crippen LogP contribution in [0.25, 0.3) is 5.57 Å². The van der Waals surface area contributed by atoms with Gasteiger partial charge in [-0.25, -0.2) is 8.78 Å². The first-order valence-electron chi connectivity index (χ1n) is 6.69. The Morgan fingerprint density at radius 2 is 1.86 bits per heavy atom. The fourth-order valence-corrected chi connectivity index (χ4v) is 2.97. The van der Waals surface area contributed by atoms with Crippen molar-refractivity contribution < 1.29 is 21.9 Å². The van der Waals surface area contributed by atoms with Crippen molar-refractivity contribution in [2.45, 2.75) is 0 Å². The summed E-state index contributed by atoms with van der Waals surface area (Å²) in [6.45, 7) is -3.98. The van der Waals surface area contributed by atoms with Crippen LogP contribution in [0.2, 0.25) is 0 Å². The monoisotopic (exact) mass is 304 g/mol. The number of benzene rings is 1. The largest absolute Gasteiger partial charge is 0.737 e. The highest BCUT2D eigenvalue weighted by Gasteiger charge is 2.51. The molecule has 22 heavy (non-hydrogen) atoms. The highest BCUT2D eigenvalue weighted by molar-refractivity contribution is 6.57. The van der Waals surface area contributed by atoms with Gasteiger partial charge >= 0.3 is 6.97 Å². The summed E-state index contributed by atoms with van der Waals surface area (Å²) in [5.74, 6) is -1.98. The number of rotatable bonds is 1. The Kier molecular flexibility index (Phi) is 2.52. The van der Waals surface area contributed by atoms with Gasteiger partial charge in [0.05, 0.1) is 5.57 Å². The average molecular weight is 304 g/mol. The van der Waals surface area contributed by atoms with Gasteiger partial charge in [0.15, 0.2) is 17.3 Å². The molecular weight excluding hydrogens is 295 g/mol. The van der Waals surface area contributed by atoms with Crippen LogP contribution in [0.3, 0.4) is 0 Å². The molecule has 0 aliphatic carbocycles. The minimum absolute atomic E-state index is 0.280. The fourth-order valence-electron chi connectivity index (χ4n) is 2.97. The van der Waals surface area contributed by atoms with Crippen molar-refractivity contribution in [1.82, 2.24) is 4.48 Å². The lowest BCUT2D eigenvalue weighted by atomic mass is 9.86. The van der Waals surface area contributed by atoms with E-state index in [-0.39, 0.29) is 11.4 Å². The number of hydrogen-bond donors (Lipinski definition) is 0. The highest BCUT2D eigenvalue weighted by atomic mass is 19.2. The second-order valence-electron chi connectivity index (χ2n) is 5.19. The summed E-state index contributed by atoms with van der Waals surface area (Å²) in [7, 11) is 0. The third-order valence-corrected chi connectivity index (χ3v) is 3.95. The number of hydrogen-bond acceptors (Lipinski definition) is 0. The molecule has 110 valence electrons. The molecule has 1 aromatic carbocycles. The standard InChI is InChI=1S/C15H9BF4N2/c17-11-6-5-10(9-12(11)18)15-13-3-1-7-21(13)16(19,20)22-8-2-4-14(15)22/h1-9H. The van der Waals surface area contributed by atoms with Crippen LogP contribution in [0.4, 0.5) is 17.4 Å². The quantitative estimate of drug-likeness (QED) is 0.563. The van der Waals surface area contributed by atoms with Crippen LogP contribution >= 0.6 is 0 Å². The van der Waals surface area contributed by atoms with Gasteiger partial charge in [-0.1, -0.05) is 6.07 Å². The zero-order valence-corrected chi connectivity index (χ0v) is 11.2. The maximum Gasteiger partial charge on any atom is 0.737 e. The molecule has 0 atom stereocenters. The Balaban J connectivity index is 2.04. The zero-order valence-electron chi connectivity index (χ0n) is 11.2. The Morgan fingerprint density at radius 3 is 2.64 bits per heavy atom. The fraction of sp³-hybridized carbons (Fsp3) is 0. The Labute approximate surface area is 123 Å². The second-order valence-corrected chi connectivity index (χ2v) is 5.19. The van der Waals surface area contributed by atoms with Crippen molar-refractivity contribution in [2.24, 2.45) is 0 Å². The molecule has 0 saturated carbocycles. The summed E-state index contributed by atoms with van der Waals surface area (Å²) in [5, 5.41) is 0. The minimum Gasteiger partial charge on any atom is -0.396 e. The van der Waals surface area contributed by atoms with E-state index in [9.17, 15) is 17.4 Å². The van der Waals surface area contributed by atoms with Crippen molar-refractivity contribution in [3.05, 3.63) is 77.3 Å². The van der Waals surface area contributed by atoms with Gasteiger partial charge in [-0.15, -0.1) is 0 Å². The molecule has 4 rings (SSSR count). The van der Waals surface area contributed by atoms with E-state index in [0.29, 0.717) is 11.1 Å². The van der Waals surface area contributed by atoms with E-state index >= 15 is 0 Å². The summed E-state index contributed by atoms with van der Waals surface area (Å²) in [4.78, 5) is 0. The molecule has 0 amide bonds. The molecule has 0 bridgehead atoms. The molecule has 0 N–H and O–H groups in total. The van der Waals surface area contributed by atoms with Crippen LogP contribution in [-0.2, 0) is 0 Å². The number of aromatic nitrogens is 1. The summed E-state index contributed by atoms with van der Waals surface area (Å²) in [6, 6.07) is 6.46. The molecule has 0 fully saturated rings. The van der Waals surface area contributed by atoms with E-state index in [1.807, 2.05) is 0 Å². The van der Waals surface area contributed by atoms with Gasteiger partial charge in [-0.3, -0.25) is 0 Å². The van der Waals surface area contributed by atoms with Crippen molar-refractivity contribution in [3.63, 3.8) is 0 Å². The second kappa shape index (κ2) is 4.22. The Bertz CT molecular complexity index is 893. The summed E-state index contributed by atoms with van der Waals surface area (Å²) in [6.07, 6.45) is 5.64. The number of halogens is 4. The van der Waals surface area contributed by atoms with E-state index in [1.165, 1.54) is 30.6 Å². The van der Waals surface area contributed by atoms with E-state index in [2.05, 4.69) is 0 Å². The van der Waals surface area contributed by atoms with Crippen LogP contribution in [0, 0.1) is 11.6 Å². The van der Waals surface area contributed by atoms with Crippen LogP contribution in [0.1, 0.15) is 11.3 Å². The van der Waals surface area contributed by atoms with Gasteiger partial charge < -0.3 is 17.6 Å². The Hall–Kier alpha value is -2.57. The number of nitrogens with zero attached hydrogens (tertiary/aromatic N) is 2. The van der Waals surface area contributed by atoms with Gasteiger partial charge in [-0.05, 0) is 36.0 Å². The molecule has 3 heterocycles. The van der Waals surface area contributed by atoms with Gasteiger partial charge in [0, 0.05) is 17.8 Å². The van der Waals surface area contributed by atoms with E-state index in [0.717, 1.165) is 21.1 Å². The molecule has 0 saturated heterocycles. The molecule has 2 aromatic rings. The number of fused-ring (bicyclic) bond motifs is 2. The van der Waals surface area contributed by atoms with Gasteiger partial charge in [0.1, 0.15) is 6.21 Å². The molecule has 7 heteroatoms. The maximum absolute atomic E-state index is 14.5. The average Bonchev–Trinajstić information content (AvgIpc) is 3.12. The first-order chi connectivity index (χ1) is 10.5. The molecular formula is C15H9BF4N2. The lowest BCUT2D eigenvalue weighted by molar-refractivity contribution is -0.356. The minimum atomic E-state index is -3.98. The van der Waals surface area contributed by atoms with Crippen LogP contribution < -0.4 is 0 Å². The van der Waals surface area contributed by atoms with Crippen LogP contribution in [-0.4, -0.2) is 22.1 Å². The van der Waals surface area contributed by atoms with E-state index < -0.39 is 18.6 Å². The highest BCUT2D eigenvalue weighted by Crippen LogP contribution is 2.38. The van der Waals surface area contributed by atoms with Crippen molar-refractivity contribution in [1.29, 1.82) is 0 Å². The molecule has 1 aromatic heterocycles. The van der Waals surface area contributed by atoms with E-state index in [4.69, 9.17) is 0 Å². The Morgan fingerprint density at radius 1 is 1.05 bits per heavy atom. The smallest absolute Gasteiger partial charge is 0.396 e. The van der Waals surface area contributed by atoms with Gasteiger partial charge in [0.25, 0.3) is 0 Å². The van der Waals surface area contributed by atoms with Gasteiger partial charge in [-0.2, -0.15) is 0 Å². The van der Waals surface area contributed by atoms with Crippen molar-refractivity contribution in [3.8, 4) is 0 Å². The molecule has 0 unspecified atom stereocenters. The lowest BCUT2D eigenvalue weighted by Gasteiger charge is -2.30. The predicted octanol–water partition coefficient (Wildman–Crippen LogP) is 3.42. The first-order valence-corrected chi connectivity index (χ1v) is 6.69. The molecule has 2 aliphatic heterocycles. The molecule has 0 radical (unpaired) electrons. The summed E-state index contributed by atoms with van der Waals surface area (Å²) >= 11 is 0. The molecule has 2 nitrogen and oxygen atoms in total. The van der Waals surface area contributed by atoms with Crippen LogP contribution in [0.15, 0.2) is 54.4 Å². The predicted molar refractivity (Wildman–Crippen MR) is 75.6 cm³/mol. The zero-order chi connectivity index (χ0) is 15.5. The maximum atomic E-state index is 14.5. The normalized spacial score (nSPS) is 18.3. The third kappa shape index (κ3) is 1.59. The topological polar surface area (TPSA) is 7.94 Å². The summed E-state index contributed by atoms with van der Waals surface area (Å²) < 4.78 is 57.5. The van der Waals surface area contributed by atoms with Crippen LogP contribution in [0.5, 0.6) is 0 Å². The number of allylic oxidation sites excluding steroid dienone is 2. The molecule has 2 aliphatic rings. The SMILES string of the molecule is Fc1ccc(C2=C3C=CC=[N+]3[B-](F)(F)n3cccc32)cc1F.